The molecule has 8 nitrogen and oxygen atoms in total. The zero-order chi connectivity index (χ0) is 33.5. The van der Waals surface area contributed by atoms with E-state index in [0.29, 0.717) is 11.8 Å². The number of rotatable bonds is 12. The normalized spacial score (nSPS) is 12.6. The monoisotopic (exact) mass is 730 g/mol. The molecule has 0 N–H and O–H groups in total. The van der Waals surface area contributed by atoms with Crippen molar-refractivity contribution in [1.29, 1.82) is 0 Å². The van der Waals surface area contributed by atoms with Crippen LogP contribution in [0, 0.1) is 23.7 Å². The minimum absolute atomic E-state index is 0.00334. The molecule has 0 saturated carbocycles. The molecule has 0 radical (unpaired) electrons. The van der Waals surface area contributed by atoms with Crippen LogP contribution in [0.4, 0.5) is 0 Å². The summed E-state index contributed by atoms with van der Waals surface area (Å²) in [6.45, 7) is 11.9. The van der Waals surface area contributed by atoms with Gasteiger partial charge >= 0.3 is 23.9 Å². The summed E-state index contributed by atoms with van der Waals surface area (Å²) in [4.78, 5) is 51.8. The van der Waals surface area contributed by atoms with Gasteiger partial charge in [0.2, 0.25) is 0 Å². The number of halogens is 6. The molecule has 44 heavy (non-hydrogen) atoms. The van der Waals surface area contributed by atoms with Crippen LogP contribution in [-0.4, -0.2) is 37.1 Å². The van der Waals surface area contributed by atoms with Crippen LogP contribution < -0.4 is 9.47 Å². The molecule has 0 amide bonds. The number of ether oxygens (including phenoxy) is 4. The summed E-state index contributed by atoms with van der Waals surface area (Å²) >= 11 is 37.1. The topological polar surface area (TPSA) is 105 Å². The fraction of sp³-hybridized carbons (Fsp3) is 0.467. The van der Waals surface area contributed by atoms with Gasteiger partial charge < -0.3 is 18.9 Å². The van der Waals surface area contributed by atoms with Crippen molar-refractivity contribution in [3.8, 4) is 11.5 Å². The third kappa shape index (κ3) is 10.6. The molecule has 2 rings (SSSR count). The van der Waals surface area contributed by atoms with E-state index in [1.165, 1.54) is 0 Å². The van der Waals surface area contributed by atoms with Crippen LogP contribution >= 0.6 is 69.6 Å². The van der Waals surface area contributed by atoms with E-state index in [1.54, 1.807) is 0 Å². The second-order valence-corrected chi connectivity index (χ2v) is 13.5. The molecule has 0 fully saturated rings. The van der Waals surface area contributed by atoms with Gasteiger partial charge in [0.25, 0.3) is 0 Å². The number of hydrogen-bond donors (Lipinski definition) is 0. The van der Waals surface area contributed by atoms with E-state index in [1.807, 2.05) is 41.5 Å². The second-order valence-electron chi connectivity index (χ2n) is 11.2. The van der Waals surface area contributed by atoms with Gasteiger partial charge in [-0.2, -0.15) is 0 Å². The van der Waals surface area contributed by atoms with E-state index in [-0.39, 0.29) is 55.2 Å². The van der Waals surface area contributed by atoms with Crippen LogP contribution in [-0.2, 0) is 19.1 Å². The van der Waals surface area contributed by atoms with Crippen molar-refractivity contribution >= 4 is 93.5 Å². The first-order valence-corrected chi connectivity index (χ1v) is 15.8. The van der Waals surface area contributed by atoms with E-state index in [0.717, 1.165) is 25.0 Å². The van der Waals surface area contributed by atoms with Crippen molar-refractivity contribution in [2.45, 2.75) is 54.4 Å². The van der Waals surface area contributed by atoms with Crippen LogP contribution in [0.5, 0.6) is 11.5 Å². The molecular formula is C30H32Cl6O8. The maximum absolute atomic E-state index is 13.0. The van der Waals surface area contributed by atoms with Crippen molar-refractivity contribution in [2.24, 2.45) is 23.7 Å². The minimum atomic E-state index is -1.65. The SMILES string of the molecule is CC(C)CC(C)COC(=O)c1c(Cl)c(Cl)cc(Cl)c1OC(=O)C(=O)Oc1c(Cl)cc(Cl)c(Cl)c1C(=O)OCC(C)CC(C)C. The summed E-state index contributed by atoms with van der Waals surface area (Å²) in [7, 11) is 0. The zero-order valence-corrected chi connectivity index (χ0v) is 29.4. The molecule has 0 aliphatic heterocycles. The second kappa shape index (κ2) is 17.1. The highest BCUT2D eigenvalue weighted by atomic mass is 35.5. The van der Waals surface area contributed by atoms with Gasteiger partial charge in [-0.25, -0.2) is 19.2 Å². The molecule has 2 aromatic carbocycles. The smallest absolute Gasteiger partial charge is 0.423 e. The molecule has 2 aromatic rings. The number of carbonyl (C=O) groups is 4. The summed E-state index contributed by atoms with van der Waals surface area (Å²) in [5, 5.41) is -1.55. The summed E-state index contributed by atoms with van der Waals surface area (Å²) in [5.41, 5.74) is -0.955. The van der Waals surface area contributed by atoms with Crippen molar-refractivity contribution in [3.63, 3.8) is 0 Å². The predicted molar refractivity (Wildman–Crippen MR) is 172 cm³/mol. The Labute approximate surface area is 286 Å². The summed E-state index contributed by atoms with van der Waals surface area (Å²) in [6, 6.07) is 2.23. The molecule has 0 spiro atoms. The predicted octanol–water partition coefficient (Wildman–Crippen LogP) is 9.80. The van der Waals surface area contributed by atoms with Crippen molar-refractivity contribution < 1.29 is 38.1 Å². The molecule has 0 aliphatic rings. The molecule has 0 aromatic heterocycles. The van der Waals surface area contributed by atoms with E-state index < -0.39 is 46.5 Å². The first kappa shape index (κ1) is 38.2. The summed E-state index contributed by atoms with van der Waals surface area (Å²) in [6.07, 6.45) is 1.55. The minimum Gasteiger partial charge on any atom is -0.462 e. The average Bonchev–Trinajstić information content (AvgIpc) is 2.91. The molecule has 0 heterocycles. The van der Waals surface area contributed by atoms with Crippen LogP contribution in [0.1, 0.15) is 75.1 Å². The van der Waals surface area contributed by atoms with E-state index in [4.69, 9.17) is 88.6 Å². The van der Waals surface area contributed by atoms with E-state index >= 15 is 0 Å². The number of esters is 4. The quantitative estimate of drug-likeness (QED) is 0.0919. The van der Waals surface area contributed by atoms with Gasteiger partial charge in [0.05, 0.1) is 43.3 Å². The third-order valence-electron chi connectivity index (χ3n) is 5.96. The van der Waals surface area contributed by atoms with Crippen molar-refractivity contribution in [3.05, 3.63) is 53.4 Å². The highest BCUT2D eigenvalue weighted by Gasteiger charge is 2.32. The highest BCUT2D eigenvalue weighted by molar-refractivity contribution is 6.47. The Morgan fingerprint density at radius 1 is 0.568 bits per heavy atom. The summed E-state index contributed by atoms with van der Waals surface area (Å²) in [5.74, 6) is -5.75. The molecule has 0 saturated heterocycles. The number of hydrogen-bond acceptors (Lipinski definition) is 8. The lowest BCUT2D eigenvalue weighted by Gasteiger charge is -2.18. The van der Waals surface area contributed by atoms with E-state index in [9.17, 15) is 19.2 Å². The van der Waals surface area contributed by atoms with Gasteiger partial charge in [-0.1, -0.05) is 111 Å². The number of carbonyl (C=O) groups excluding carboxylic acids is 4. The van der Waals surface area contributed by atoms with Crippen molar-refractivity contribution in [2.75, 3.05) is 13.2 Å². The first-order chi connectivity index (χ1) is 20.4. The Morgan fingerprint density at radius 3 is 1.18 bits per heavy atom. The lowest BCUT2D eigenvalue weighted by molar-refractivity contribution is -0.156. The van der Waals surface area contributed by atoms with Crippen LogP contribution in [0.2, 0.25) is 30.1 Å². The molecule has 0 aliphatic carbocycles. The van der Waals surface area contributed by atoms with Gasteiger partial charge in [-0.15, -0.1) is 0 Å². The fourth-order valence-electron chi connectivity index (χ4n) is 4.32. The van der Waals surface area contributed by atoms with Crippen LogP contribution in [0.15, 0.2) is 12.1 Å². The van der Waals surface area contributed by atoms with Crippen LogP contribution in [0.3, 0.4) is 0 Å². The summed E-state index contributed by atoms with van der Waals surface area (Å²) < 4.78 is 21.0. The van der Waals surface area contributed by atoms with Gasteiger partial charge in [-0.05, 0) is 48.6 Å². The first-order valence-electron chi connectivity index (χ1n) is 13.6. The Balaban J connectivity index is 2.35. The maximum atomic E-state index is 13.0. The van der Waals surface area contributed by atoms with E-state index in [2.05, 4.69) is 0 Å². The molecule has 2 unspecified atom stereocenters. The van der Waals surface area contributed by atoms with Crippen LogP contribution in [0.25, 0.3) is 0 Å². The Kier molecular flexibility index (Phi) is 14.9. The maximum Gasteiger partial charge on any atom is 0.423 e. The molecule has 242 valence electrons. The zero-order valence-electron chi connectivity index (χ0n) is 24.8. The van der Waals surface area contributed by atoms with Gasteiger partial charge in [0, 0.05) is 0 Å². The van der Waals surface area contributed by atoms with Gasteiger partial charge in [0.1, 0.15) is 11.1 Å². The van der Waals surface area contributed by atoms with Gasteiger partial charge in [0.15, 0.2) is 11.5 Å². The van der Waals surface area contributed by atoms with Gasteiger partial charge in [-0.3, -0.25) is 0 Å². The molecule has 14 heteroatoms. The average molecular weight is 733 g/mol. The largest absolute Gasteiger partial charge is 0.462 e. The molecule has 2 atom stereocenters. The standard InChI is InChI=1S/C30H32Cl6O8/c1-13(2)7-15(5)11-41-27(37)21-23(35)17(31)9-19(33)25(21)43-29(39)30(40)44-26-20(34)10-18(32)24(36)22(26)28(38)42-12-16(6)8-14(3)4/h9-10,13-16H,7-8,11-12H2,1-6H3. The Morgan fingerprint density at radius 2 is 0.886 bits per heavy atom. The Hall–Kier alpha value is -1.94. The molecule has 0 bridgehead atoms. The van der Waals surface area contributed by atoms with Crippen molar-refractivity contribution in [1.82, 2.24) is 0 Å². The molecular weight excluding hydrogens is 701 g/mol. The highest BCUT2D eigenvalue weighted by Crippen LogP contribution is 2.42. The third-order valence-corrected chi connectivity index (χ3v) is 8.10. The Bertz CT molecular complexity index is 1300. The lowest BCUT2D eigenvalue weighted by atomic mass is 10.00. The number of benzene rings is 2. The fourth-order valence-corrected chi connectivity index (χ4v) is 5.75. The lowest BCUT2D eigenvalue weighted by Crippen LogP contribution is -2.27.